The van der Waals surface area contributed by atoms with E-state index in [2.05, 4.69) is 15.6 Å². The quantitative estimate of drug-likeness (QED) is 0.757. The van der Waals surface area contributed by atoms with Gasteiger partial charge in [-0.05, 0) is 31.2 Å². The van der Waals surface area contributed by atoms with E-state index >= 15 is 0 Å². The van der Waals surface area contributed by atoms with Gasteiger partial charge in [-0.2, -0.15) is 0 Å². The first-order valence-corrected chi connectivity index (χ1v) is 7.67. The summed E-state index contributed by atoms with van der Waals surface area (Å²) in [5.74, 6) is 0.614. The fraction of sp³-hybridized carbons (Fsp3) is 0.167. The van der Waals surface area contributed by atoms with Crippen molar-refractivity contribution in [1.29, 1.82) is 0 Å². The van der Waals surface area contributed by atoms with Gasteiger partial charge in [-0.15, -0.1) is 5.10 Å². The summed E-state index contributed by atoms with van der Waals surface area (Å²) in [5, 5.41) is 10.9. The average molecular weight is 322 g/mol. The SMILES string of the molecule is CC(C(=O)Nc1ccccc1)n1cc(COc2ccccc2)nn1. The van der Waals surface area contributed by atoms with Gasteiger partial charge in [0, 0.05) is 5.69 Å². The van der Waals surface area contributed by atoms with E-state index in [-0.39, 0.29) is 5.91 Å². The Bertz CT molecular complexity index is 787. The molecule has 0 saturated heterocycles. The lowest BCUT2D eigenvalue weighted by molar-refractivity contribution is -0.119. The van der Waals surface area contributed by atoms with Crippen molar-refractivity contribution in [2.45, 2.75) is 19.6 Å². The van der Waals surface area contributed by atoms with Crippen molar-refractivity contribution in [1.82, 2.24) is 15.0 Å². The Morgan fingerprint density at radius 1 is 1.12 bits per heavy atom. The minimum Gasteiger partial charge on any atom is -0.487 e. The van der Waals surface area contributed by atoms with Gasteiger partial charge in [-0.3, -0.25) is 4.79 Å². The number of benzene rings is 2. The lowest BCUT2D eigenvalue weighted by atomic mass is 10.2. The topological polar surface area (TPSA) is 69.0 Å². The standard InChI is InChI=1S/C18H18N4O2/c1-14(18(23)19-15-8-4-2-5-9-15)22-12-16(20-21-22)13-24-17-10-6-3-7-11-17/h2-12,14H,13H2,1H3,(H,19,23). The zero-order valence-electron chi connectivity index (χ0n) is 13.3. The molecular weight excluding hydrogens is 304 g/mol. The molecule has 0 aliphatic rings. The third-order valence-electron chi connectivity index (χ3n) is 3.51. The molecule has 0 bridgehead atoms. The van der Waals surface area contributed by atoms with Gasteiger partial charge in [0.25, 0.3) is 0 Å². The summed E-state index contributed by atoms with van der Waals surface area (Å²) < 4.78 is 7.15. The fourth-order valence-electron chi connectivity index (χ4n) is 2.13. The molecule has 0 radical (unpaired) electrons. The van der Waals surface area contributed by atoms with E-state index in [1.54, 1.807) is 13.1 Å². The lowest BCUT2D eigenvalue weighted by Gasteiger charge is -2.11. The highest BCUT2D eigenvalue weighted by Gasteiger charge is 2.17. The zero-order valence-corrected chi connectivity index (χ0v) is 13.3. The van der Waals surface area contributed by atoms with Crippen molar-refractivity contribution in [3.05, 3.63) is 72.6 Å². The van der Waals surface area contributed by atoms with Crippen LogP contribution in [0.5, 0.6) is 5.75 Å². The molecule has 0 aliphatic carbocycles. The molecule has 1 aromatic heterocycles. The van der Waals surface area contributed by atoms with E-state index in [4.69, 9.17) is 4.74 Å². The summed E-state index contributed by atoms with van der Waals surface area (Å²) in [6.45, 7) is 2.08. The molecule has 0 aliphatic heterocycles. The Hall–Kier alpha value is -3.15. The summed E-state index contributed by atoms with van der Waals surface area (Å²) in [5.41, 5.74) is 1.42. The molecule has 0 spiro atoms. The number of anilines is 1. The summed E-state index contributed by atoms with van der Waals surface area (Å²) in [7, 11) is 0. The predicted octanol–water partition coefficient (Wildman–Crippen LogP) is 3.06. The molecule has 0 fully saturated rings. The molecule has 1 N–H and O–H groups in total. The van der Waals surface area contributed by atoms with Crippen LogP contribution in [0.4, 0.5) is 5.69 Å². The Morgan fingerprint density at radius 3 is 2.50 bits per heavy atom. The van der Waals surface area contributed by atoms with Crippen LogP contribution < -0.4 is 10.1 Å². The summed E-state index contributed by atoms with van der Waals surface area (Å²) in [4.78, 5) is 12.3. The van der Waals surface area contributed by atoms with Crippen molar-refractivity contribution in [2.75, 3.05) is 5.32 Å². The number of hydrogen-bond donors (Lipinski definition) is 1. The van der Waals surface area contributed by atoms with Gasteiger partial charge in [0.2, 0.25) is 5.91 Å². The van der Waals surface area contributed by atoms with Gasteiger partial charge < -0.3 is 10.1 Å². The number of nitrogens with zero attached hydrogens (tertiary/aromatic N) is 3. The van der Waals surface area contributed by atoms with Gasteiger partial charge in [0.15, 0.2) is 0 Å². The first-order valence-electron chi connectivity index (χ1n) is 7.67. The average Bonchev–Trinajstić information content (AvgIpc) is 3.10. The Labute approximate surface area is 140 Å². The van der Waals surface area contributed by atoms with E-state index in [0.717, 1.165) is 11.4 Å². The minimum absolute atomic E-state index is 0.151. The summed E-state index contributed by atoms with van der Waals surface area (Å²) >= 11 is 0. The highest BCUT2D eigenvalue weighted by atomic mass is 16.5. The number of nitrogens with one attached hydrogen (secondary N) is 1. The largest absolute Gasteiger partial charge is 0.487 e. The number of carbonyl (C=O) groups is 1. The van der Waals surface area contributed by atoms with Gasteiger partial charge >= 0.3 is 0 Å². The van der Waals surface area contributed by atoms with Gasteiger partial charge in [0.05, 0.1) is 6.20 Å². The molecule has 6 heteroatoms. The van der Waals surface area contributed by atoms with Crippen LogP contribution in [0.25, 0.3) is 0 Å². The van der Waals surface area contributed by atoms with Gasteiger partial charge in [-0.25, -0.2) is 4.68 Å². The summed E-state index contributed by atoms with van der Waals surface area (Å²) in [6, 6.07) is 18.3. The van der Waals surface area contributed by atoms with Crippen molar-refractivity contribution >= 4 is 11.6 Å². The first kappa shape index (κ1) is 15.7. The van der Waals surface area contributed by atoms with Crippen LogP contribution in [-0.4, -0.2) is 20.9 Å². The second-order valence-corrected chi connectivity index (χ2v) is 5.32. The second kappa shape index (κ2) is 7.41. The van der Waals surface area contributed by atoms with Crippen molar-refractivity contribution < 1.29 is 9.53 Å². The number of carbonyl (C=O) groups excluding carboxylic acids is 1. The van der Waals surface area contributed by atoms with Gasteiger partial charge in [0.1, 0.15) is 24.1 Å². The number of aromatic nitrogens is 3. The third kappa shape index (κ3) is 3.98. The van der Waals surface area contributed by atoms with Crippen LogP contribution >= 0.6 is 0 Å². The maximum Gasteiger partial charge on any atom is 0.249 e. The summed E-state index contributed by atoms with van der Waals surface area (Å²) in [6.07, 6.45) is 1.72. The van der Waals surface area contributed by atoms with Crippen LogP contribution in [-0.2, 0) is 11.4 Å². The van der Waals surface area contributed by atoms with Crippen LogP contribution in [0.15, 0.2) is 66.9 Å². The molecule has 2 aromatic carbocycles. The molecule has 122 valence electrons. The highest BCUT2D eigenvalue weighted by Crippen LogP contribution is 2.13. The Kier molecular flexibility index (Phi) is 4.86. The molecule has 0 saturated carbocycles. The molecule has 6 nitrogen and oxygen atoms in total. The Morgan fingerprint density at radius 2 is 1.79 bits per heavy atom. The molecule has 1 atom stereocenters. The minimum atomic E-state index is -0.469. The van der Waals surface area contributed by atoms with Crippen LogP contribution in [0.2, 0.25) is 0 Å². The van der Waals surface area contributed by atoms with Gasteiger partial charge in [-0.1, -0.05) is 41.6 Å². The molecule has 24 heavy (non-hydrogen) atoms. The van der Waals surface area contributed by atoms with Crippen molar-refractivity contribution in [3.8, 4) is 5.75 Å². The van der Waals surface area contributed by atoms with E-state index < -0.39 is 6.04 Å². The van der Waals surface area contributed by atoms with Crippen molar-refractivity contribution in [2.24, 2.45) is 0 Å². The monoisotopic (exact) mass is 322 g/mol. The number of rotatable bonds is 6. The van der Waals surface area contributed by atoms with Crippen LogP contribution in [0.3, 0.4) is 0 Å². The molecular formula is C18H18N4O2. The number of amides is 1. The van der Waals surface area contributed by atoms with Crippen molar-refractivity contribution in [3.63, 3.8) is 0 Å². The zero-order chi connectivity index (χ0) is 16.8. The molecule has 3 rings (SSSR count). The number of para-hydroxylation sites is 2. The van der Waals surface area contributed by atoms with E-state index in [1.165, 1.54) is 4.68 Å². The second-order valence-electron chi connectivity index (χ2n) is 5.32. The third-order valence-corrected chi connectivity index (χ3v) is 3.51. The van der Waals surface area contributed by atoms with E-state index in [1.807, 2.05) is 60.7 Å². The fourth-order valence-corrected chi connectivity index (χ4v) is 2.13. The predicted molar refractivity (Wildman–Crippen MR) is 90.6 cm³/mol. The molecule has 1 unspecified atom stereocenters. The Balaban J connectivity index is 1.59. The number of ether oxygens (including phenoxy) is 1. The molecule has 1 heterocycles. The lowest BCUT2D eigenvalue weighted by Crippen LogP contribution is -2.24. The molecule has 1 amide bonds. The van der Waals surface area contributed by atoms with Crippen LogP contribution in [0.1, 0.15) is 18.7 Å². The smallest absolute Gasteiger partial charge is 0.249 e. The molecule has 3 aromatic rings. The highest BCUT2D eigenvalue weighted by molar-refractivity contribution is 5.93. The number of hydrogen-bond acceptors (Lipinski definition) is 4. The maximum absolute atomic E-state index is 12.3. The normalized spacial score (nSPS) is 11.7. The maximum atomic E-state index is 12.3. The van der Waals surface area contributed by atoms with E-state index in [9.17, 15) is 4.79 Å². The first-order chi connectivity index (χ1) is 11.7. The van der Waals surface area contributed by atoms with E-state index in [0.29, 0.717) is 12.3 Å². The van der Waals surface area contributed by atoms with Crippen LogP contribution in [0, 0.1) is 0 Å².